The Labute approximate surface area is 82.9 Å². The van der Waals surface area contributed by atoms with Gasteiger partial charge in [-0.05, 0) is 18.1 Å². The minimum absolute atomic E-state index is 0.0964. The van der Waals surface area contributed by atoms with E-state index >= 15 is 0 Å². The van der Waals surface area contributed by atoms with Crippen molar-refractivity contribution in [2.24, 2.45) is 5.73 Å². The summed E-state index contributed by atoms with van der Waals surface area (Å²) in [7, 11) is 0. The first-order chi connectivity index (χ1) is 6.70. The summed E-state index contributed by atoms with van der Waals surface area (Å²) in [6.45, 7) is 1.35. The van der Waals surface area contributed by atoms with Gasteiger partial charge in [-0.1, -0.05) is 24.3 Å². The highest BCUT2D eigenvalue weighted by Crippen LogP contribution is 2.19. The van der Waals surface area contributed by atoms with Crippen LogP contribution in [-0.2, 0) is 11.4 Å². The monoisotopic (exact) mass is 191 g/mol. The van der Waals surface area contributed by atoms with Crippen LogP contribution in [0.5, 0.6) is 0 Å². The van der Waals surface area contributed by atoms with Crippen molar-refractivity contribution in [3.05, 3.63) is 41.6 Å². The molecule has 14 heavy (non-hydrogen) atoms. The van der Waals surface area contributed by atoms with Gasteiger partial charge in [0.05, 0.1) is 6.61 Å². The molecule has 0 aliphatic carbocycles. The summed E-state index contributed by atoms with van der Waals surface area (Å²) in [6, 6.07) is 7.15. The molecule has 0 amide bonds. The number of nitrogens with two attached hydrogens (primary N) is 1. The molecule has 1 aromatic carbocycles. The summed E-state index contributed by atoms with van der Waals surface area (Å²) in [5.41, 5.74) is 7.21. The van der Waals surface area contributed by atoms with Gasteiger partial charge in [0.25, 0.3) is 0 Å². The maximum absolute atomic E-state index is 11.2. The third-order valence-electron chi connectivity index (χ3n) is 2.02. The number of allylic oxidation sites excluding steroid dienone is 1. The molecule has 0 spiro atoms. The Kier molecular flexibility index (Phi) is 3.42. The second-order valence-corrected chi connectivity index (χ2v) is 2.95. The molecule has 0 bridgehead atoms. The Morgan fingerprint density at radius 2 is 2.14 bits per heavy atom. The van der Waals surface area contributed by atoms with Crippen molar-refractivity contribution in [2.45, 2.75) is 13.5 Å². The lowest BCUT2D eigenvalue weighted by Gasteiger charge is -2.07. The first-order valence-electron chi connectivity index (χ1n) is 4.32. The van der Waals surface area contributed by atoms with E-state index in [-0.39, 0.29) is 12.4 Å². The van der Waals surface area contributed by atoms with E-state index in [2.05, 4.69) is 0 Å². The van der Waals surface area contributed by atoms with Crippen molar-refractivity contribution in [3.8, 4) is 0 Å². The minimum atomic E-state index is -0.103. The maximum atomic E-state index is 11.2. The van der Waals surface area contributed by atoms with Crippen LogP contribution in [0.15, 0.2) is 30.5 Å². The number of aliphatic hydroxyl groups excluding tert-OH is 1. The Balaban J connectivity index is 3.23. The fourth-order valence-corrected chi connectivity index (χ4v) is 1.32. The summed E-state index contributed by atoms with van der Waals surface area (Å²) in [4.78, 5) is 11.2. The molecule has 0 saturated carbocycles. The lowest BCUT2D eigenvalue weighted by molar-refractivity contribution is -0.111. The van der Waals surface area contributed by atoms with Gasteiger partial charge < -0.3 is 10.8 Å². The van der Waals surface area contributed by atoms with E-state index in [9.17, 15) is 4.79 Å². The summed E-state index contributed by atoms with van der Waals surface area (Å²) in [5, 5.41) is 9.07. The van der Waals surface area contributed by atoms with Gasteiger partial charge >= 0.3 is 0 Å². The fraction of sp³-hybridized carbons (Fsp3) is 0.182. The van der Waals surface area contributed by atoms with Crippen LogP contribution in [0.4, 0.5) is 0 Å². The number of hydrogen-bond acceptors (Lipinski definition) is 3. The van der Waals surface area contributed by atoms with E-state index in [1.165, 1.54) is 13.1 Å². The fourth-order valence-electron chi connectivity index (χ4n) is 1.32. The SMILES string of the molecule is CC(=O)/C(=C\N)c1ccccc1CO. The van der Waals surface area contributed by atoms with Crippen LogP contribution in [0.3, 0.4) is 0 Å². The molecule has 0 fully saturated rings. The molecule has 0 atom stereocenters. The predicted octanol–water partition coefficient (Wildman–Crippen LogP) is 1.07. The number of benzene rings is 1. The smallest absolute Gasteiger partial charge is 0.161 e. The van der Waals surface area contributed by atoms with Crippen LogP contribution >= 0.6 is 0 Å². The molecule has 1 aromatic rings. The van der Waals surface area contributed by atoms with Gasteiger partial charge in [-0.3, -0.25) is 4.79 Å². The molecule has 1 rings (SSSR count). The lowest BCUT2D eigenvalue weighted by Crippen LogP contribution is -2.02. The molecule has 0 unspecified atom stereocenters. The molecular weight excluding hydrogens is 178 g/mol. The number of hydrogen-bond donors (Lipinski definition) is 2. The van der Waals surface area contributed by atoms with E-state index in [0.29, 0.717) is 16.7 Å². The molecule has 0 aliphatic heterocycles. The number of rotatable bonds is 3. The van der Waals surface area contributed by atoms with Crippen LogP contribution in [0, 0.1) is 0 Å². The van der Waals surface area contributed by atoms with Crippen molar-refractivity contribution in [1.82, 2.24) is 0 Å². The zero-order valence-corrected chi connectivity index (χ0v) is 8.03. The van der Waals surface area contributed by atoms with E-state index in [4.69, 9.17) is 10.8 Å². The van der Waals surface area contributed by atoms with Gasteiger partial charge in [-0.15, -0.1) is 0 Å². The lowest BCUT2D eigenvalue weighted by atomic mass is 9.98. The van der Waals surface area contributed by atoms with Gasteiger partial charge in [-0.2, -0.15) is 0 Å². The molecule has 0 aromatic heterocycles. The zero-order valence-electron chi connectivity index (χ0n) is 8.03. The van der Waals surface area contributed by atoms with Gasteiger partial charge in [0.2, 0.25) is 0 Å². The molecule has 3 N–H and O–H groups in total. The van der Waals surface area contributed by atoms with Crippen molar-refractivity contribution in [3.63, 3.8) is 0 Å². The second-order valence-electron chi connectivity index (χ2n) is 2.95. The summed E-state index contributed by atoms with van der Waals surface area (Å²) in [5.74, 6) is -0.103. The molecule has 0 aliphatic rings. The van der Waals surface area contributed by atoms with Gasteiger partial charge in [0.15, 0.2) is 5.78 Å². The normalized spacial score (nSPS) is 11.4. The van der Waals surface area contributed by atoms with E-state index in [1.54, 1.807) is 18.2 Å². The van der Waals surface area contributed by atoms with Crippen LogP contribution in [0.2, 0.25) is 0 Å². The summed E-state index contributed by atoms with van der Waals surface area (Å²) in [6.07, 6.45) is 1.27. The number of carbonyl (C=O) groups is 1. The van der Waals surface area contributed by atoms with E-state index in [0.717, 1.165) is 0 Å². The third-order valence-corrected chi connectivity index (χ3v) is 2.02. The topological polar surface area (TPSA) is 63.3 Å². The molecule has 0 radical (unpaired) electrons. The third kappa shape index (κ3) is 2.00. The van der Waals surface area contributed by atoms with Crippen LogP contribution in [0.1, 0.15) is 18.1 Å². The van der Waals surface area contributed by atoms with E-state index in [1.807, 2.05) is 6.07 Å². The highest BCUT2D eigenvalue weighted by molar-refractivity contribution is 6.19. The van der Waals surface area contributed by atoms with Gasteiger partial charge in [-0.25, -0.2) is 0 Å². The predicted molar refractivity (Wildman–Crippen MR) is 55.2 cm³/mol. The van der Waals surface area contributed by atoms with Gasteiger partial charge in [0.1, 0.15) is 0 Å². The molecule has 74 valence electrons. The Morgan fingerprint density at radius 1 is 1.50 bits per heavy atom. The number of carbonyl (C=O) groups excluding carboxylic acids is 1. The molecule has 3 nitrogen and oxygen atoms in total. The second kappa shape index (κ2) is 4.58. The average molecular weight is 191 g/mol. The Bertz CT molecular complexity index is 369. The van der Waals surface area contributed by atoms with Gasteiger partial charge in [0, 0.05) is 11.8 Å². The van der Waals surface area contributed by atoms with Crippen LogP contribution < -0.4 is 5.73 Å². The largest absolute Gasteiger partial charge is 0.404 e. The first-order valence-corrected chi connectivity index (χ1v) is 4.32. The number of ketones is 1. The Morgan fingerprint density at radius 3 is 2.64 bits per heavy atom. The highest BCUT2D eigenvalue weighted by Gasteiger charge is 2.09. The van der Waals surface area contributed by atoms with Crippen molar-refractivity contribution < 1.29 is 9.90 Å². The molecule has 3 heteroatoms. The van der Waals surface area contributed by atoms with Crippen molar-refractivity contribution in [1.29, 1.82) is 0 Å². The maximum Gasteiger partial charge on any atom is 0.161 e. The van der Waals surface area contributed by atoms with Crippen molar-refractivity contribution >= 4 is 11.4 Å². The zero-order chi connectivity index (χ0) is 10.6. The standard InChI is InChI=1S/C11H13NO2/c1-8(14)11(6-12)10-5-3-2-4-9(10)7-13/h2-6,13H,7,12H2,1H3/b11-6+. The Hall–Kier alpha value is -1.61. The number of aliphatic hydroxyl groups is 1. The van der Waals surface area contributed by atoms with Crippen LogP contribution in [-0.4, -0.2) is 10.9 Å². The van der Waals surface area contributed by atoms with E-state index < -0.39 is 0 Å². The molecular formula is C11H13NO2. The summed E-state index contributed by atoms with van der Waals surface area (Å²) >= 11 is 0. The van der Waals surface area contributed by atoms with Crippen molar-refractivity contribution in [2.75, 3.05) is 0 Å². The molecule has 0 saturated heterocycles. The minimum Gasteiger partial charge on any atom is -0.404 e. The number of Topliss-reactive ketones (excluding diaryl/α,β-unsaturated/α-hetero) is 1. The summed E-state index contributed by atoms with van der Waals surface area (Å²) < 4.78 is 0. The average Bonchev–Trinajstić information content (AvgIpc) is 2.19. The quantitative estimate of drug-likeness (QED) is 0.702. The molecule has 0 heterocycles. The first kappa shape index (κ1) is 10.5. The highest BCUT2D eigenvalue weighted by atomic mass is 16.3. The van der Waals surface area contributed by atoms with Crippen LogP contribution in [0.25, 0.3) is 5.57 Å².